The van der Waals surface area contributed by atoms with Crippen molar-refractivity contribution in [3.05, 3.63) is 34.4 Å². The first kappa shape index (κ1) is 19.0. The number of rotatable bonds is 9. The van der Waals surface area contributed by atoms with Gasteiger partial charge < -0.3 is 9.47 Å². The van der Waals surface area contributed by atoms with Crippen LogP contribution in [-0.2, 0) is 17.8 Å². The molecule has 0 aliphatic heterocycles. The van der Waals surface area contributed by atoms with Crippen LogP contribution in [0.15, 0.2) is 28.9 Å². The fourth-order valence-corrected chi connectivity index (χ4v) is 3.41. The molecule has 4 heteroatoms. The van der Waals surface area contributed by atoms with Crippen LogP contribution in [0, 0.1) is 0 Å². The first-order valence-corrected chi connectivity index (χ1v) is 9.79. The summed E-state index contributed by atoms with van der Waals surface area (Å²) in [5.74, 6) is 0.147. The van der Waals surface area contributed by atoms with Gasteiger partial charge in [-0.05, 0) is 30.2 Å². The normalized spacial score (nSPS) is 11.2. The summed E-state index contributed by atoms with van der Waals surface area (Å²) in [6.45, 7) is 3.28. The van der Waals surface area contributed by atoms with Crippen molar-refractivity contribution in [3.8, 4) is 0 Å². The Balaban J connectivity index is 2.10. The summed E-state index contributed by atoms with van der Waals surface area (Å²) in [4.78, 5) is 13.8. The molecule has 0 N–H and O–H groups in total. The number of carbonyl (C=O) groups excluding carboxylic acids is 1. The number of aryl methyl sites for hydroxylation is 1. The van der Waals surface area contributed by atoms with Crippen molar-refractivity contribution in [1.82, 2.24) is 9.47 Å². The summed E-state index contributed by atoms with van der Waals surface area (Å²) in [5, 5.41) is 1.19. The minimum Gasteiger partial charge on any atom is -0.349 e. The number of halogens is 1. The molecule has 0 spiro atoms. The first-order chi connectivity index (χ1) is 11.5. The summed E-state index contributed by atoms with van der Waals surface area (Å²) >= 11 is 3.55. The van der Waals surface area contributed by atoms with Gasteiger partial charge >= 0.3 is 0 Å². The highest BCUT2D eigenvalue weighted by Crippen LogP contribution is 2.26. The number of hydrogen-bond acceptors (Lipinski definition) is 1. The van der Waals surface area contributed by atoms with Gasteiger partial charge in [-0.15, -0.1) is 0 Å². The molecule has 0 unspecified atom stereocenters. The molecule has 1 heterocycles. The largest absolute Gasteiger partial charge is 0.349 e. The molecule has 1 aromatic carbocycles. The number of likely N-dealkylation sites (N-methyl/N-ethyl adjacent to an activating group) is 1. The zero-order valence-corrected chi connectivity index (χ0v) is 16.7. The van der Waals surface area contributed by atoms with Gasteiger partial charge in [-0.25, -0.2) is 0 Å². The standard InChI is InChI=1S/C20H29BrN2O/c1-4-5-6-7-8-9-12-23-15-16(13-20(24)22(2)3)18-14-17(21)10-11-19(18)23/h10-11,14-15H,4-9,12-13H2,1-3H3. The quantitative estimate of drug-likeness (QED) is 0.524. The lowest BCUT2D eigenvalue weighted by Gasteiger charge is -2.09. The molecule has 24 heavy (non-hydrogen) atoms. The molecule has 0 fully saturated rings. The summed E-state index contributed by atoms with van der Waals surface area (Å²) in [5.41, 5.74) is 2.35. The topological polar surface area (TPSA) is 25.2 Å². The van der Waals surface area contributed by atoms with E-state index in [4.69, 9.17) is 0 Å². The average Bonchev–Trinajstić information content (AvgIpc) is 2.87. The van der Waals surface area contributed by atoms with E-state index in [-0.39, 0.29) is 5.91 Å². The second-order valence-corrected chi connectivity index (χ2v) is 7.66. The first-order valence-electron chi connectivity index (χ1n) is 9.00. The van der Waals surface area contributed by atoms with Crippen LogP contribution in [0.1, 0.15) is 51.0 Å². The monoisotopic (exact) mass is 392 g/mol. The van der Waals surface area contributed by atoms with Crippen molar-refractivity contribution in [2.75, 3.05) is 14.1 Å². The third kappa shape index (κ3) is 5.10. The molecule has 1 amide bonds. The van der Waals surface area contributed by atoms with Gasteiger partial charge in [-0.2, -0.15) is 0 Å². The fraction of sp³-hybridized carbons (Fsp3) is 0.550. The van der Waals surface area contributed by atoms with Crippen LogP contribution in [-0.4, -0.2) is 29.5 Å². The van der Waals surface area contributed by atoms with E-state index in [0.717, 1.165) is 16.6 Å². The van der Waals surface area contributed by atoms with E-state index in [0.29, 0.717) is 6.42 Å². The van der Waals surface area contributed by atoms with Crippen molar-refractivity contribution in [1.29, 1.82) is 0 Å². The van der Waals surface area contributed by atoms with E-state index < -0.39 is 0 Å². The predicted octanol–water partition coefficient (Wildman–Crippen LogP) is 5.40. The Bertz CT molecular complexity index is 676. The molecule has 0 aliphatic carbocycles. The van der Waals surface area contributed by atoms with E-state index >= 15 is 0 Å². The SMILES string of the molecule is CCCCCCCCn1cc(CC(=O)N(C)C)c2cc(Br)ccc21. The summed E-state index contributed by atoms with van der Waals surface area (Å²) < 4.78 is 3.38. The second-order valence-electron chi connectivity index (χ2n) is 6.74. The number of benzene rings is 1. The lowest BCUT2D eigenvalue weighted by Crippen LogP contribution is -2.23. The minimum absolute atomic E-state index is 0.147. The van der Waals surface area contributed by atoms with E-state index in [1.165, 1.54) is 49.4 Å². The molecule has 0 atom stereocenters. The molecule has 2 aromatic rings. The summed E-state index contributed by atoms with van der Waals surface area (Å²) in [7, 11) is 3.63. The highest BCUT2D eigenvalue weighted by molar-refractivity contribution is 9.10. The van der Waals surface area contributed by atoms with E-state index in [9.17, 15) is 4.79 Å². The third-order valence-corrected chi connectivity index (χ3v) is 5.01. The van der Waals surface area contributed by atoms with Crippen molar-refractivity contribution < 1.29 is 4.79 Å². The molecule has 2 rings (SSSR count). The Morgan fingerprint density at radius 1 is 1.12 bits per heavy atom. The summed E-state index contributed by atoms with van der Waals surface area (Å²) in [6, 6.07) is 6.36. The molecule has 0 bridgehead atoms. The van der Waals surface area contributed by atoms with Crippen molar-refractivity contribution in [2.45, 2.75) is 58.4 Å². The average molecular weight is 393 g/mol. The molecular weight excluding hydrogens is 364 g/mol. The number of hydrogen-bond donors (Lipinski definition) is 0. The summed E-state index contributed by atoms with van der Waals surface area (Å²) in [6.07, 6.45) is 10.4. The van der Waals surface area contributed by atoms with Crippen LogP contribution in [0.25, 0.3) is 10.9 Å². The van der Waals surface area contributed by atoms with Gasteiger partial charge in [-0.1, -0.05) is 55.0 Å². The Hall–Kier alpha value is -1.29. The van der Waals surface area contributed by atoms with E-state index in [1.54, 1.807) is 4.90 Å². The number of carbonyl (C=O) groups is 1. The fourth-order valence-electron chi connectivity index (χ4n) is 3.05. The van der Waals surface area contributed by atoms with Gasteiger partial charge in [0, 0.05) is 42.2 Å². The van der Waals surface area contributed by atoms with Gasteiger partial charge in [-0.3, -0.25) is 4.79 Å². The highest BCUT2D eigenvalue weighted by Gasteiger charge is 2.13. The molecule has 0 radical (unpaired) electrons. The Morgan fingerprint density at radius 3 is 2.54 bits per heavy atom. The molecule has 0 saturated heterocycles. The number of aromatic nitrogens is 1. The predicted molar refractivity (Wildman–Crippen MR) is 105 cm³/mol. The molecule has 132 valence electrons. The van der Waals surface area contributed by atoms with Gasteiger partial charge in [0.05, 0.1) is 6.42 Å². The van der Waals surface area contributed by atoms with Gasteiger partial charge in [0.2, 0.25) is 5.91 Å². The van der Waals surface area contributed by atoms with Crippen molar-refractivity contribution >= 4 is 32.7 Å². The number of amides is 1. The highest BCUT2D eigenvalue weighted by atomic mass is 79.9. The molecule has 3 nitrogen and oxygen atoms in total. The van der Waals surface area contributed by atoms with Crippen LogP contribution < -0.4 is 0 Å². The number of unbranched alkanes of at least 4 members (excludes halogenated alkanes) is 5. The maximum atomic E-state index is 12.1. The van der Waals surface area contributed by atoms with E-state index in [1.807, 2.05) is 14.1 Å². The second kappa shape index (κ2) is 9.26. The zero-order chi connectivity index (χ0) is 17.5. The maximum Gasteiger partial charge on any atom is 0.226 e. The lowest BCUT2D eigenvalue weighted by molar-refractivity contribution is -0.127. The maximum absolute atomic E-state index is 12.1. The zero-order valence-electron chi connectivity index (χ0n) is 15.1. The minimum atomic E-state index is 0.147. The van der Waals surface area contributed by atoms with Gasteiger partial charge in [0.1, 0.15) is 0 Å². The van der Waals surface area contributed by atoms with Crippen molar-refractivity contribution in [3.63, 3.8) is 0 Å². The molecule has 0 aliphatic rings. The van der Waals surface area contributed by atoms with Crippen LogP contribution in [0.5, 0.6) is 0 Å². The number of nitrogens with zero attached hydrogens (tertiary/aromatic N) is 2. The molecular formula is C20H29BrN2O. The molecule has 1 aromatic heterocycles. The smallest absolute Gasteiger partial charge is 0.226 e. The van der Waals surface area contributed by atoms with Gasteiger partial charge in [0.25, 0.3) is 0 Å². The number of fused-ring (bicyclic) bond motifs is 1. The van der Waals surface area contributed by atoms with Crippen LogP contribution in [0.4, 0.5) is 0 Å². The van der Waals surface area contributed by atoms with Crippen molar-refractivity contribution in [2.24, 2.45) is 0 Å². The van der Waals surface area contributed by atoms with Crippen LogP contribution >= 0.6 is 15.9 Å². The van der Waals surface area contributed by atoms with Crippen LogP contribution in [0.3, 0.4) is 0 Å². The molecule has 0 saturated carbocycles. The Kier molecular flexibility index (Phi) is 7.35. The van der Waals surface area contributed by atoms with Crippen LogP contribution in [0.2, 0.25) is 0 Å². The Morgan fingerprint density at radius 2 is 1.83 bits per heavy atom. The lowest BCUT2D eigenvalue weighted by atomic mass is 10.1. The van der Waals surface area contributed by atoms with E-state index in [2.05, 4.69) is 51.8 Å². The third-order valence-electron chi connectivity index (χ3n) is 4.52. The Labute approximate surface area is 154 Å². The van der Waals surface area contributed by atoms with Gasteiger partial charge in [0.15, 0.2) is 0 Å².